The Labute approximate surface area is 115 Å². The van der Waals surface area contributed by atoms with Crippen molar-refractivity contribution in [2.75, 3.05) is 6.61 Å². The smallest absolute Gasteiger partial charge is 0.379 e. The molecule has 0 radical (unpaired) electrons. The van der Waals surface area contributed by atoms with Crippen LogP contribution in [0.15, 0.2) is 42.6 Å². The number of ether oxygens (including phenoxy) is 1. The second-order valence-electron chi connectivity index (χ2n) is 4.03. The molecule has 5 heteroatoms. The average Bonchev–Trinajstić information content (AvgIpc) is 2.46. The molecule has 0 fully saturated rings. The van der Waals surface area contributed by atoms with Gasteiger partial charge in [-0.2, -0.15) is 0 Å². The summed E-state index contributed by atoms with van der Waals surface area (Å²) in [4.78, 5) is 26.8. The van der Waals surface area contributed by atoms with Gasteiger partial charge in [0.2, 0.25) is 0 Å². The summed E-state index contributed by atoms with van der Waals surface area (Å²) < 4.78 is 4.56. The Bertz CT molecular complexity index is 691. The van der Waals surface area contributed by atoms with Gasteiger partial charge in [0.1, 0.15) is 5.76 Å². The lowest BCUT2D eigenvalue weighted by atomic mass is 10.1. The molecular formula is C15H13NO4. The van der Waals surface area contributed by atoms with Gasteiger partial charge in [0.15, 0.2) is 0 Å². The number of aliphatic hydroxyl groups excluding tert-OH is 1. The molecular weight excluding hydrogens is 258 g/mol. The van der Waals surface area contributed by atoms with Gasteiger partial charge in [-0.3, -0.25) is 9.78 Å². The first-order chi connectivity index (χ1) is 9.61. The molecule has 0 aliphatic rings. The lowest BCUT2D eigenvalue weighted by Gasteiger charge is -2.02. The minimum atomic E-state index is -0.985. The van der Waals surface area contributed by atoms with Crippen LogP contribution in [0.4, 0.5) is 0 Å². The number of carbonyl (C=O) groups excluding carboxylic acids is 2. The Morgan fingerprint density at radius 3 is 2.90 bits per heavy atom. The number of fused-ring (bicyclic) bond motifs is 1. The van der Waals surface area contributed by atoms with Crippen LogP contribution < -0.4 is 0 Å². The minimum absolute atomic E-state index is 0.112. The molecule has 0 unspecified atom stereocenters. The van der Waals surface area contributed by atoms with Gasteiger partial charge >= 0.3 is 5.97 Å². The van der Waals surface area contributed by atoms with Gasteiger partial charge in [-0.15, -0.1) is 0 Å². The van der Waals surface area contributed by atoms with Gasteiger partial charge in [-0.1, -0.05) is 6.07 Å². The zero-order chi connectivity index (χ0) is 14.5. The molecule has 2 rings (SSSR count). The van der Waals surface area contributed by atoms with Crippen LogP contribution in [0, 0.1) is 0 Å². The molecule has 0 bridgehead atoms. The molecule has 0 atom stereocenters. The van der Waals surface area contributed by atoms with Crippen molar-refractivity contribution in [1.82, 2.24) is 4.98 Å². The lowest BCUT2D eigenvalue weighted by molar-refractivity contribution is -0.151. The fourth-order valence-corrected chi connectivity index (χ4v) is 1.70. The minimum Gasteiger partial charge on any atom is -0.507 e. The monoisotopic (exact) mass is 271 g/mol. The van der Waals surface area contributed by atoms with E-state index in [-0.39, 0.29) is 12.4 Å². The van der Waals surface area contributed by atoms with Crippen molar-refractivity contribution in [2.24, 2.45) is 0 Å². The number of nitrogens with zero attached hydrogens (tertiary/aromatic N) is 1. The van der Waals surface area contributed by atoms with E-state index in [2.05, 4.69) is 9.72 Å². The SMILES string of the molecule is CCOC(=O)C(=O)C=C(O)c1ccc2ncccc2c1. The molecule has 20 heavy (non-hydrogen) atoms. The first kappa shape index (κ1) is 13.7. The summed E-state index contributed by atoms with van der Waals surface area (Å²) >= 11 is 0. The predicted octanol–water partition coefficient (Wildman–Crippen LogP) is 2.27. The summed E-state index contributed by atoms with van der Waals surface area (Å²) in [5.74, 6) is -2.16. The number of aromatic nitrogens is 1. The van der Waals surface area contributed by atoms with Crippen LogP contribution in [-0.4, -0.2) is 28.4 Å². The number of pyridine rings is 1. The average molecular weight is 271 g/mol. The van der Waals surface area contributed by atoms with E-state index in [1.54, 1.807) is 37.4 Å². The summed E-state index contributed by atoms with van der Waals surface area (Å²) in [6, 6.07) is 8.65. The van der Waals surface area contributed by atoms with Crippen molar-refractivity contribution in [3.8, 4) is 0 Å². The van der Waals surface area contributed by atoms with Crippen LogP contribution in [-0.2, 0) is 14.3 Å². The zero-order valence-corrected chi connectivity index (χ0v) is 10.9. The second kappa shape index (κ2) is 5.97. The summed E-state index contributed by atoms with van der Waals surface area (Å²) in [5.41, 5.74) is 1.21. The first-order valence-corrected chi connectivity index (χ1v) is 6.08. The number of hydrogen-bond acceptors (Lipinski definition) is 5. The van der Waals surface area contributed by atoms with Crippen molar-refractivity contribution < 1.29 is 19.4 Å². The summed E-state index contributed by atoms with van der Waals surface area (Å²) in [6.07, 6.45) is 2.53. The van der Waals surface area contributed by atoms with Crippen molar-refractivity contribution >= 4 is 28.4 Å². The van der Waals surface area contributed by atoms with Gasteiger partial charge in [0, 0.05) is 23.2 Å². The van der Waals surface area contributed by atoms with Crippen LogP contribution in [0.3, 0.4) is 0 Å². The topological polar surface area (TPSA) is 76.5 Å². The lowest BCUT2D eigenvalue weighted by Crippen LogP contribution is -2.15. The van der Waals surface area contributed by atoms with Crippen molar-refractivity contribution in [1.29, 1.82) is 0 Å². The van der Waals surface area contributed by atoms with Crippen LogP contribution in [0.2, 0.25) is 0 Å². The largest absolute Gasteiger partial charge is 0.507 e. The van der Waals surface area contributed by atoms with E-state index >= 15 is 0 Å². The Hall–Kier alpha value is -2.69. The molecule has 0 aliphatic heterocycles. The normalized spacial score (nSPS) is 11.3. The van der Waals surface area contributed by atoms with Crippen molar-refractivity contribution in [3.63, 3.8) is 0 Å². The van der Waals surface area contributed by atoms with Crippen LogP contribution >= 0.6 is 0 Å². The summed E-state index contributed by atoms with van der Waals surface area (Å²) in [5, 5.41) is 10.7. The number of benzene rings is 1. The second-order valence-corrected chi connectivity index (χ2v) is 4.03. The maximum atomic E-state index is 11.5. The molecule has 2 aromatic rings. The Kier molecular flexibility index (Phi) is 4.10. The molecule has 1 heterocycles. The number of hydrogen-bond donors (Lipinski definition) is 1. The number of ketones is 1. The van der Waals surface area contributed by atoms with E-state index in [4.69, 9.17) is 0 Å². The fourth-order valence-electron chi connectivity index (χ4n) is 1.70. The maximum Gasteiger partial charge on any atom is 0.379 e. The van der Waals surface area contributed by atoms with Gasteiger partial charge in [0.25, 0.3) is 5.78 Å². The predicted molar refractivity (Wildman–Crippen MR) is 74.0 cm³/mol. The molecule has 102 valence electrons. The Balaban J connectivity index is 2.28. The standard InChI is InChI=1S/C15H13NO4/c1-2-20-15(19)14(18)9-13(17)11-5-6-12-10(8-11)4-3-7-16-12/h3-9,17H,2H2,1H3. The number of carbonyl (C=O) groups is 2. The van der Waals surface area contributed by atoms with E-state index in [1.807, 2.05) is 6.07 Å². The van der Waals surface area contributed by atoms with Gasteiger partial charge in [-0.05, 0) is 31.2 Å². The van der Waals surface area contributed by atoms with Gasteiger partial charge in [-0.25, -0.2) is 4.79 Å². The molecule has 0 spiro atoms. The highest BCUT2D eigenvalue weighted by molar-refractivity contribution is 6.39. The van der Waals surface area contributed by atoms with E-state index in [0.29, 0.717) is 5.56 Å². The number of rotatable bonds is 4. The summed E-state index contributed by atoms with van der Waals surface area (Å²) in [7, 11) is 0. The first-order valence-electron chi connectivity index (χ1n) is 6.08. The van der Waals surface area contributed by atoms with E-state index in [9.17, 15) is 14.7 Å². The number of aliphatic hydroxyl groups is 1. The fraction of sp³-hybridized carbons (Fsp3) is 0.133. The maximum absolute atomic E-state index is 11.5. The van der Waals surface area contributed by atoms with E-state index in [1.165, 1.54) is 0 Å². The quantitative estimate of drug-likeness (QED) is 0.399. The van der Waals surface area contributed by atoms with Crippen LogP contribution in [0.1, 0.15) is 12.5 Å². The highest BCUT2D eigenvalue weighted by Gasteiger charge is 2.13. The molecule has 0 amide bonds. The van der Waals surface area contributed by atoms with Gasteiger partial charge in [0.05, 0.1) is 12.1 Å². The molecule has 1 aromatic heterocycles. The third-order valence-electron chi connectivity index (χ3n) is 2.64. The highest BCUT2D eigenvalue weighted by atomic mass is 16.5. The third kappa shape index (κ3) is 3.00. The Morgan fingerprint density at radius 2 is 2.15 bits per heavy atom. The van der Waals surface area contributed by atoms with Crippen LogP contribution in [0.5, 0.6) is 0 Å². The molecule has 1 aromatic carbocycles. The molecule has 0 saturated heterocycles. The molecule has 0 aliphatic carbocycles. The number of esters is 1. The van der Waals surface area contributed by atoms with E-state index < -0.39 is 11.8 Å². The van der Waals surface area contributed by atoms with E-state index in [0.717, 1.165) is 17.0 Å². The van der Waals surface area contributed by atoms with Gasteiger partial charge < -0.3 is 9.84 Å². The zero-order valence-electron chi connectivity index (χ0n) is 10.9. The highest BCUT2D eigenvalue weighted by Crippen LogP contribution is 2.18. The van der Waals surface area contributed by atoms with Crippen molar-refractivity contribution in [3.05, 3.63) is 48.2 Å². The summed E-state index contributed by atoms with van der Waals surface area (Å²) in [6.45, 7) is 1.71. The molecule has 0 saturated carbocycles. The molecule has 1 N–H and O–H groups in total. The third-order valence-corrected chi connectivity index (χ3v) is 2.64. The molecule has 5 nitrogen and oxygen atoms in total. The van der Waals surface area contributed by atoms with Crippen LogP contribution in [0.25, 0.3) is 16.7 Å². The van der Waals surface area contributed by atoms with Crippen molar-refractivity contribution in [2.45, 2.75) is 6.92 Å². The Morgan fingerprint density at radius 1 is 1.35 bits per heavy atom.